The molecule has 2 heterocycles. The van der Waals surface area contributed by atoms with Gasteiger partial charge in [0, 0.05) is 25.7 Å². The molecule has 3 rings (SSSR count). The summed E-state index contributed by atoms with van der Waals surface area (Å²) in [6.07, 6.45) is 1.72. The third-order valence-corrected chi connectivity index (χ3v) is 3.65. The molecule has 19 heavy (non-hydrogen) atoms. The van der Waals surface area contributed by atoms with E-state index in [0.29, 0.717) is 6.54 Å². The Kier molecular flexibility index (Phi) is 3.62. The first-order valence-corrected chi connectivity index (χ1v) is 6.67. The van der Waals surface area contributed by atoms with Crippen molar-refractivity contribution >= 4 is 5.91 Å². The Morgan fingerprint density at radius 2 is 2.16 bits per heavy atom. The summed E-state index contributed by atoms with van der Waals surface area (Å²) in [6.45, 7) is 3.90. The highest BCUT2D eigenvalue weighted by molar-refractivity contribution is 5.91. The highest BCUT2D eigenvalue weighted by atomic mass is 16.5. The molecule has 0 radical (unpaired) electrons. The van der Waals surface area contributed by atoms with Crippen LogP contribution in [0.1, 0.15) is 11.6 Å². The fourth-order valence-corrected chi connectivity index (χ4v) is 2.66. The number of hydrogen-bond donors (Lipinski definition) is 1. The van der Waals surface area contributed by atoms with E-state index in [9.17, 15) is 4.79 Å². The van der Waals surface area contributed by atoms with Crippen molar-refractivity contribution in [3.05, 3.63) is 47.5 Å². The van der Waals surface area contributed by atoms with Crippen LogP contribution in [0.3, 0.4) is 0 Å². The fourth-order valence-electron chi connectivity index (χ4n) is 2.66. The van der Waals surface area contributed by atoms with Gasteiger partial charge in [-0.05, 0) is 11.1 Å². The van der Waals surface area contributed by atoms with E-state index >= 15 is 0 Å². The van der Waals surface area contributed by atoms with Crippen LogP contribution in [0.15, 0.2) is 42.0 Å². The zero-order valence-electron chi connectivity index (χ0n) is 10.8. The quantitative estimate of drug-likeness (QED) is 0.883. The molecular weight excluding hydrogens is 240 g/mol. The first-order chi connectivity index (χ1) is 9.33. The van der Waals surface area contributed by atoms with Crippen LogP contribution in [-0.2, 0) is 9.53 Å². The number of nitrogens with one attached hydrogen (secondary N) is 1. The van der Waals surface area contributed by atoms with Gasteiger partial charge in [-0.3, -0.25) is 9.69 Å². The number of amides is 1. The van der Waals surface area contributed by atoms with Crippen LogP contribution in [0.2, 0.25) is 0 Å². The molecule has 4 heteroatoms. The van der Waals surface area contributed by atoms with Gasteiger partial charge in [0.15, 0.2) is 0 Å². The maximum absolute atomic E-state index is 11.2. The van der Waals surface area contributed by atoms with E-state index in [2.05, 4.69) is 34.5 Å². The second-order valence-corrected chi connectivity index (χ2v) is 4.99. The molecule has 0 bridgehead atoms. The highest BCUT2D eigenvalue weighted by Crippen LogP contribution is 2.25. The summed E-state index contributed by atoms with van der Waals surface area (Å²) in [7, 11) is 0. The first-order valence-electron chi connectivity index (χ1n) is 6.67. The van der Waals surface area contributed by atoms with Crippen molar-refractivity contribution in [1.29, 1.82) is 0 Å². The van der Waals surface area contributed by atoms with Crippen molar-refractivity contribution in [3.8, 4) is 0 Å². The van der Waals surface area contributed by atoms with Crippen molar-refractivity contribution < 1.29 is 9.53 Å². The zero-order valence-corrected chi connectivity index (χ0v) is 10.8. The van der Waals surface area contributed by atoms with Crippen molar-refractivity contribution in [3.63, 3.8) is 0 Å². The molecular formula is C15H18N2O2. The molecule has 1 aromatic rings. The smallest absolute Gasteiger partial charge is 0.244 e. The lowest BCUT2D eigenvalue weighted by atomic mass is 10.0. The van der Waals surface area contributed by atoms with Gasteiger partial charge >= 0.3 is 0 Å². The molecule has 1 amide bonds. The molecule has 0 saturated carbocycles. The van der Waals surface area contributed by atoms with E-state index in [1.807, 2.05) is 6.07 Å². The van der Waals surface area contributed by atoms with Gasteiger partial charge in [0.25, 0.3) is 0 Å². The van der Waals surface area contributed by atoms with Crippen molar-refractivity contribution in [2.75, 3.05) is 32.8 Å². The Morgan fingerprint density at radius 3 is 2.89 bits per heavy atom. The van der Waals surface area contributed by atoms with E-state index < -0.39 is 0 Å². The van der Waals surface area contributed by atoms with Crippen LogP contribution in [0.5, 0.6) is 0 Å². The van der Waals surface area contributed by atoms with Crippen LogP contribution in [0, 0.1) is 0 Å². The Bertz CT molecular complexity index is 484. The lowest BCUT2D eigenvalue weighted by Crippen LogP contribution is -2.40. The van der Waals surface area contributed by atoms with Gasteiger partial charge < -0.3 is 10.1 Å². The summed E-state index contributed by atoms with van der Waals surface area (Å²) in [5.74, 6) is 0.0273. The molecule has 1 aromatic carbocycles. The van der Waals surface area contributed by atoms with Gasteiger partial charge in [-0.25, -0.2) is 0 Å². The molecule has 1 atom stereocenters. The van der Waals surface area contributed by atoms with Crippen LogP contribution in [0.25, 0.3) is 0 Å². The Labute approximate surface area is 113 Å². The number of nitrogens with zero attached hydrogens (tertiary/aromatic N) is 1. The second-order valence-electron chi connectivity index (χ2n) is 4.99. The monoisotopic (exact) mass is 258 g/mol. The van der Waals surface area contributed by atoms with E-state index in [4.69, 9.17) is 4.74 Å². The number of carbonyl (C=O) groups excluding carboxylic acids is 1. The van der Waals surface area contributed by atoms with Gasteiger partial charge in [0.05, 0.1) is 19.3 Å². The van der Waals surface area contributed by atoms with Gasteiger partial charge in [-0.15, -0.1) is 0 Å². The third kappa shape index (κ3) is 2.85. The van der Waals surface area contributed by atoms with Gasteiger partial charge in [-0.2, -0.15) is 0 Å². The number of benzene rings is 1. The minimum Gasteiger partial charge on any atom is -0.378 e. The normalized spacial score (nSPS) is 24.1. The number of morpholine rings is 1. The van der Waals surface area contributed by atoms with Crippen LogP contribution < -0.4 is 5.32 Å². The molecule has 0 aromatic heterocycles. The SMILES string of the molecule is O=C1C=C(CN2CCOC[C@@H]2c2ccccc2)CN1. The molecule has 0 aliphatic carbocycles. The minimum absolute atomic E-state index is 0.0273. The Morgan fingerprint density at radius 1 is 1.32 bits per heavy atom. The van der Waals surface area contributed by atoms with Crippen LogP contribution >= 0.6 is 0 Å². The summed E-state index contributed by atoms with van der Waals surface area (Å²) in [4.78, 5) is 13.6. The summed E-state index contributed by atoms with van der Waals surface area (Å²) in [5, 5.41) is 2.82. The zero-order chi connectivity index (χ0) is 13.1. The summed E-state index contributed by atoms with van der Waals surface area (Å²) in [6, 6.07) is 10.7. The van der Waals surface area contributed by atoms with Crippen molar-refractivity contribution in [1.82, 2.24) is 10.2 Å². The van der Waals surface area contributed by atoms with Gasteiger partial charge in [0.1, 0.15) is 0 Å². The predicted molar refractivity (Wildman–Crippen MR) is 72.7 cm³/mol. The predicted octanol–water partition coefficient (Wildman–Crippen LogP) is 1.12. The largest absolute Gasteiger partial charge is 0.378 e. The van der Waals surface area contributed by atoms with Gasteiger partial charge in [-0.1, -0.05) is 30.3 Å². The number of rotatable bonds is 3. The van der Waals surface area contributed by atoms with E-state index in [-0.39, 0.29) is 11.9 Å². The topological polar surface area (TPSA) is 41.6 Å². The first kappa shape index (κ1) is 12.4. The lowest BCUT2D eigenvalue weighted by molar-refractivity contribution is -0.115. The highest BCUT2D eigenvalue weighted by Gasteiger charge is 2.26. The number of ether oxygens (including phenoxy) is 1. The standard InChI is InChI=1S/C15H18N2O2/c18-15-8-12(9-16-15)10-17-6-7-19-11-14(17)13-4-2-1-3-5-13/h1-5,8,14H,6-7,9-11H2,(H,16,18)/t14-/m1/s1. The molecule has 100 valence electrons. The molecule has 1 N–H and O–H groups in total. The molecule has 1 fully saturated rings. The van der Waals surface area contributed by atoms with Crippen molar-refractivity contribution in [2.45, 2.75) is 6.04 Å². The van der Waals surface area contributed by atoms with Crippen molar-refractivity contribution in [2.24, 2.45) is 0 Å². The lowest BCUT2D eigenvalue weighted by Gasteiger charge is -2.36. The maximum atomic E-state index is 11.2. The molecule has 2 aliphatic heterocycles. The fraction of sp³-hybridized carbons (Fsp3) is 0.400. The molecule has 4 nitrogen and oxygen atoms in total. The summed E-state index contributed by atoms with van der Waals surface area (Å²) in [5.41, 5.74) is 2.44. The molecule has 0 unspecified atom stereocenters. The summed E-state index contributed by atoms with van der Waals surface area (Å²) >= 11 is 0. The Hall–Kier alpha value is -1.65. The number of carbonyl (C=O) groups is 1. The average Bonchev–Trinajstić information content (AvgIpc) is 2.86. The van der Waals surface area contributed by atoms with Crippen LogP contribution in [0.4, 0.5) is 0 Å². The number of hydrogen-bond acceptors (Lipinski definition) is 3. The van der Waals surface area contributed by atoms with E-state index in [0.717, 1.165) is 31.9 Å². The second kappa shape index (κ2) is 5.55. The molecule has 0 spiro atoms. The third-order valence-electron chi connectivity index (χ3n) is 3.65. The molecule has 2 aliphatic rings. The van der Waals surface area contributed by atoms with E-state index in [1.54, 1.807) is 6.08 Å². The average molecular weight is 258 g/mol. The summed E-state index contributed by atoms with van der Waals surface area (Å²) < 4.78 is 5.61. The molecule has 1 saturated heterocycles. The maximum Gasteiger partial charge on any atom is 0.244 e. The van der Waals surface area contributed by atoms with Crippen LogP contribution in [-0.4, -0.2) is 43.7 Å². The van der Waals surface area contributed by atoms with Gasteiger partial charge in [0.2, 0.25) is 5.91 Å². The van der Waals surface area contributed by atoms with E-state index in [1.165, 1.54) is 5.56 Å². The Balaban J connectivity index is 1.74. The minimum atomic E-state index is 0.0273.